The predicted molar refractivity (Wildman–Crippen MR) is 75.3 cm³/mol. The maximum absolute atomic E-state index is 12.7. The molecule has 0 radical (unpaired) electrons. The second-order valence-corrected chi connectivity index (χ2v) is 6.98. The van der Waals surface area contributed by atoms with Crippen molar-refractivity contribution in [3.8, 4) is 6.07 Å². The number of hydrogen-bond donors (Lipinski definition) is 1. The molecule has 0 bridgehead atoms. The van der Waals surface area contributed by atoms with Gasteiger partial charge in [-0.25, -0.2) is 8.42 Å². The molecule has 0 unspecified atom stereocenters. The van der Waals surface area contributed by atoms with Crippen molar-refractivity contribution in [2.75, 3.05) is 6.54 Å². The van der Waals surface area contributed by atoms with E-state index in [1.165, 1.54) is 18.2 Å². The Labute approximate surface area is 127 Å². The van der Waals surface area contributed by atoms with E-state index in [1.807, 2.05) is 0 Å². The number of benzene rings is 1. The highest BCUT2D eigenvalue weighted by molar-refractivity contribution is 7.89. The largest absolute Gasteiger partial charge is 0.481 e. The number of nitriles is 1. The first-order chi connectivity index (χ1) is 9.87. The lowest BCUT2D eigenvalue weighted by atomic mass is 10.2. The molecular weight excluding hydrogens is 316 g/mol. The van der Waals surface area contributed by atoms with Gasteiger partial charge in [0.25, 0.3) is 0 Å². The average molecular weight is 329 g/mol. The van der Waals surface area contributed by atoms with Crippen LogP contribution in [0.5, 0.6) is 0 Å². The van der Waals surface area contributed by atoms with Crippen molar-refractivity contribution in [1.29, 1.82) is 5.26 Å². The van der Waals surface area contributed by atoms with Gasteiger partial charge in [-0.1, -0.05) is 17.7 Å². The zero-order valence-corrected chi connectivity index (χ0v) is 12.6. The zero-order chi connectivity index (χ0) is 15.6. The fraction of sp³-hybridized carbons (Fsp3) is 0.385. The minimum Gasteiger partial charge on any atom is -0.481 e. The standard InChI is InChI=1S/C13H13ClN2O4S/c14-11-2-1-3-12(10(11)8-15)21(19,20)16(9-4-5-9)7-6-13(17)18/h1-3,9H,4-7H2,(H,17,18). The van der Waals surface area contributed by atoms with Gasteiger partial charge in [-0.05, 0) is 25.0 Å². The van der Waals surface area contributed by atoms with Crippen molar-refractivity contribution in [3.63, 3.8) is 0 Å². The molecular formula is C13H13ClN2O4S. The summed E-state index contributed by atoms with van der Waals surface area (Å²) in [6.07, 6.45) is 1.11. The Morgan fingerprint density at radius 1 is 1.48 bits per heavy atom. The summed E-state index contributed by atoms with van der Waals surface area (Å²) in [6.45, 7) is -0.111. The van der Waals surface area contributed by atoms with Crippen LogP contribution in [0.1, 0.15) is 24.8 Å². The molecule has 0 amide bonds. The van der Waals surface area contributed by atoms with Gasteiger partial charge in [0.15, 0.2) is 0 Å². The van der Waals surface area contributed by atoms with E-state index in [-0.39, 0.29) is 34.5 Å². The third-order valence-electron chi connectivity index (χ3n) is 3.17. The number of hydrogen-bond acceptors (Lipinski definition) is 4. The van der Waals surface area contributed by atoms with Crippen LogP contribution in [0, 0.1) is 11.3 Å². The molecule has 0 atom stereocenters. The van der Waals surface area contributed by atoms with Crippen LogP contribution in [-0.4, -0.2) is 36.4 Å². The highest BCUT2D eigenvalue weighted by Crippen LogP contribution is 2.34. The first-order valence-electron chi connectivity index (χ1n) is 6.30. The zero-order valence-electron chi connectivity index (χ0n) is 11.0. The first kappa shape index (κ1) is 15.8. The van der Waals surface area contributed by atoms with Gasteiger partial charge in [0, 0.05) is 12.6 Å². The number of carbonyl (C=O) groups is 1. The lowest BCUT2D eigenvalue weighted by Crippen LogP contribution is -2.35. The molecule has 1 fully saturated rings. The summed E-state index contributed by atoms with van der Waals surface area (Å²) in [4.78, 5) is 10.5. The number of halogens is 1. The van der Waals surface area contributed by atoms with Gasteiger partial charge >= 0.3 is 5.97 Å². The molecule has 0 aliphatic heterocycles. The summed E-state index contributed by atoms with van der Waals surface area (Å²) in [5.41, 5.74) is -0.111. The van der Waals surface area contributed by atoms with Gasteiger partial charge in [-0.15, -0.1) is 0 Å². The molecule has 1 aromatic rings. The number of carboxylic acid groups (broad SMARTS) is 1. The highest BCUT2D eigenvalue weighted by atomic mass is 35.5. The minimum absolute atomic E-state index is 0.0626. The van der Waals surface area contributed by atoms with E-state index in [9.17, 15) is 13.2 Å². The topological polar surface area (TPSA) is 98.5 Å². The maximum Gasteiger partial charge on any atom is 0.304 e. The van der Waals surface area contributed by atoms with Gasteiger partial charge in [-0.3, -0.25) is 4.79 Å². The second-order valence-electron chi connectivity index (χ2n) is 4.72. The van der Waals surface area contributed by atoms with E-state index in [4.69, 9.17) is 22.0 Å². The van der Waals surface area contributed by atoms with Crippen LogP contribution < -0.4 is 0 Å². The number of carboxylic acids is 1. The summed E-state index contributed by atoms with van der Waals surface area (Å²) in [5.74, 6) is -1.07. The SMILES string of the molecule is N#Cc1c(Cl)cccc1S(=O)(=O)N(CCC(=O)O)C1CC1. The fourth-order valence-corrected chi connectivity index (χ4v) is 4.15. The van der Waals surface area contributed by atoms with Crippen molar-refractivity contribution in [2.24, 2.45) is 0 Å². The number of aliphatic carboxylic acids is 1. The average Bonchev–Trinajstić information content (AvgIpc) is 3.22. The van der Waals surface area contributed by atoms with Crippen LogP contribution in [-0.2, 0) is 14.8 Å². The Balaban J connectivity index is 2.42. The van der Waals surface area contributed by atoms with Gasteiger partial charge in [-0.2, -0.15) is 9.57 Å². The van der Waals surface area contributed by atoms with E-state index >= 15 is 0 Å². The van der Waals surface area contributed by atoms with Crippen molar-refractivity contribution >= 4 is 27.6 Å². The third-order valence-corrected chi connectivity index (χ3v) is 5.48. The molecule has 8 heteroatoms. The smallest absolute Gasteiger partial charge is 0.304 e. The van der Waals surface area contributed by atoms with E-state index in [0.29, 0.717) is 12.8 Å². The molecule has 0 saturated heterocycles. The first-order valence-corrected chi connectivity index (χ1v) is 8.12. The Bertz CT molecular complexity index is 707. The Morgan fingerprint density at radius 2 is 2.14 bits per heavy atom. The van der Waals surface area contributed by atoms with Crippen molar-refractivity contribution in [1.82, 2.24) is 4.31 Å². The van der Waals surface area contributed by atoms with Gasteiger partial charge in [0.2, 0.25) is 10.0 Å². The number of rotatable bonds is 6. The molecule has 1 saturated carbocycles. The molecule has 1 aromatic carbocycles. The predicted octanol–water partition coefficient (Wildman–Crippen LogP) is 1.84. The van der Waals surface area contributed by atoms with Crippen LogP contribution in [0.4, 0.5) is 0 Å². The summed E-state index contributed by atoms with van der Waals surface area (Å²) >= 11 is 5.86. The van der Waals surface area contributed by atoms with Crippen molar-refractivity contribution in [3.05, 3.63) is 28.8 Å². The molecule has 1 aliphatic carbocycles. The molecule has 1 N–H and O–H groups in total. The molecule has 21 heavy (non-hydrogen) atoms. The minimum atomic E-state index is -3.94. The van der Waals surface area contributed by atoms with Crippen LogP contribution in [0.3, 0.4) is 0 Å². The summed E-state index contributed by atoms with van der Waals surface area (Å²) in [5, 5.41) is 17.9. The highest BCUT2D eigenvalue weighted by Gasteiger charge is 2.39. The lowest BCUT2D eigenvalue weighted by molar-refractivity contribution is -0.137. The van der Waals surface area contributed by atoms with Gasteiger partial charge in [0.1, 0.15) is 11.0 Å². The van der Waals surface area contributed by atoms with Crippen LogP contribution >= 0.6 is 11.6 Å². The molecule has 0 aromatic heterocycles. The third kappa shape index (κ3) is 3.35. The second kappa shape index (κ2) is 6.02. The normalized spacial score (nSPS) is 14.9. The Morgan fingerprint density at radius 3 is 2.67 bits per heavy atom. The van der Waals surface area contributed by atoms with Crippen molar-refractivity contribution in [2.45, 2.75) is 30.2 Å². The van der Waals surface area contributed by atoms with Crippen LogP contribution in [0.2, 0.25) is 5.02 Å². The van der Waals surface area contributed by atoms with E-state index in [1.54, 1.807) is 6.07 Å². The van der Waals surface area contributed by atoms with E-state index < -0.39 is 16.0 Å². The van der Waals surface area contributed by atoms with Gasteiger partial charge in [0.05, 0.1) is 17.0 Å². The monoisotopic (exact) mass is 328 g/mol. The Kier molecular flexibility index (Phi) is 4.52. The van der Waals surface area contributed by atoms with Gasteiger partial charge < -0.3 is 5.11 Å². The van der Waals surface area contributed by atoms with Crippen molar-refractivity contribution < 1.29 is 18.3 Å². The fourth-order valence-electron chi connectivity index (χ4n) is 2.02. The summed E-state index contributed by atoms with van der Waals surface area (Å²) in [7, 11) is -3.94. The quantitative estimate of drug-likeness (QED) is 0.859. The number of sulfonamides is 1. The van der Waals surface area contributed by atoms with Crippen LogP contribution in [0.25, 0.3) is 0 Å². The molecule has 0 heterocycles. The van der Waals surface area contributed by atoms with Crippen LogP contribution in [0.15, 0.2) is 23.1 Å². The van der Waals surface area contributed by atoms with E-state index in [0.717, 1.165) is 4.31 Å². The molecule has 0 spiro atoms. The summed E-state index contributed by atoms with van der Waals surface area (Å²) in [6, 6.07) is 5.81. The lowest BCUT2D eigenvalue weighted by Gasteiger charge is -2.21. The maximum atomic E-state index is 12.7. The molecule has 6 nitrogen and oxygen atoms in total. The molecule has 2 rings (SSSR count). The Hall–Kier alpha value is -1.62. The van der Waals surface area contributed by atoms with E-state index in [2.05, 4.69) is 0 Å². The number of nitrogens with zero attached hydrogens (tertiary/aromatic N) is 2. The molecule has 112 valence electrons. The summed E-state index contributed by atoms with van der Waals surface area (Å²) < 4.78 is 26.5. The molecule has 1 aliphatic rings.